The number of aryl methyl sites for hydroxylation is 1. The molecule has 0 saturated heterocycles. The Kier molecular flexibility index (Phi) is 2.66. The van der Waals surface area contributed by atoms with Crippen LogP contribution in [0.1, 0.15) is 31.0 Å². The average molecular weight is 149 g/mol. The summed E-state index contributed by atoms with van der Waals surface area (Å²) in [4.78, 5) is 0. The molecule has 0 radical (unpaired) electrons. The Morgan fingerprint density at radius 2 is 2.18 bits per heavy atom. The molecule has 0 aliphatic heterocycles. The van der Waals surface area contributed by atoms with Gasteiger partial charge in [0.25, 0.3) is 0 Å². The number of benzene rings is 1. The maximum absolute atomic E-state index is 5.74. The Labute approximate surface area is 68.2 Å². The zero-order valence-electron chi connectivity index (χ0n) is 7.17. The number of hydrogen-bond donors (Lipinski definition) is 1. The van der Waals surface area contributed by atoms with E-state index in [9.17, 15) is 0 Å². The third kappa shape index (κ3) is 2.05. The van der Waals surface area contributed by atoms with Gasteiger partial charge in [0.05, 0.1) is 0 Å². The summed E-state index contributed by atoms with van der Waals surface area (Å²) in [6.45, 7) is 4.16. The summed E-state index contributed by atoms with van der Waals surface area (Å²) in [5.74, 6) is 0. The zero-order valence-corrected chi connectivity index (χ0v) is 7.17. The Morgan fingerprint density at radius 1 is 1.45 bits per heavy atom. The fourth-order valence-corrected chi connectivity index (χ4v) is 1.10. The number of nitrogens with two attached hydrogens (primary N) is 1. The van der Waals surface area contributed by atoms with Crippen molar-refractivity contribution in [3.63, 3.8) is 0 Å². The fourth-order valence-electron chi connectivity index (χ4n) is 1.10. The topological polar surface area (TPSA) is 26.0 Å². The predicted molar refractivity (Wildman–Crippen MR) is 48.4 cm³/mol. The second-order valence-corrected chi connectivity index (χ2v) is 2.89. The van der Waals surface area contributed by atoms with Crippen molar-refractivity contribution in [3.8, 4) is 0 Å². The highest BCUT2D eigenvalue weighted by Crippen LogP contribution is 2.11. The van der Waals surface area contributed by atoms with Crippen LogP contribution in [0.2, 0.25) is 0 Å². The second kappa shape index (κ2) is 3.54. The summed E-state index contributed by atoms with van der Waals surface area (Å²) < 4.78 is 0. The Balaban J connectivity index is 2.91. The van der Waals surface area contributed by atoms with Gasteiger partial charge in [0.1, 0.15) is 0 Å². The largest absolute Gasteiger partial charge is 0.324 e. The van der Waals surface area contributed by atoms with E-state index >= 15 is 0 Å². The second-order valence-electron chi connectivity index (χ2n) is 2.89. The van der Waals surface area contributed by atoms with Gasteiger partial charge in [-0.25, -0.2) is 0 Å². The van der Waals surface area contributed by atoms with Crippen LogP contribution >= 0.6 is 0 Å². The van der Waals surface area contributed by atoms with Crippen molar-refractivity contribution in [1.29, 1.82) is 0 Å². The highest BCUT2D eigenvalue weighted by atomic mass is 14.6. The van der Waals surface area contributed by atoms with Crippen LogP contribution in [0.25, 0.3) is 0 Å². The van der Waals surface area contributed by atoms with Crippen LogP contribution in [0.4, 0.5) is 0 Å². The first kappa shape index (κ1) is 8.28. The van der Waals surface area contributed by atoms with Crippen LogP contribution in [0, 0.1) is 0 Å². The molecular formula is C10H15N. The molecule has 1 heteroatoms. The minimum Gasteiger partial charge on any atom is -0.324 e. The molecule has 0 heterocycles. The highest BCUT2D eigenvalue weighted by Gasteiger charge is 1.97. The minimum atomic E-state index is 0.154. The fraction of sp³-hybridized carbons (Fsp3) is 0.400. The normalized spacial score (nSPS) is 13.0. The van der Waals surface area contributed by atoms with Gasteiger partial charge in [-0.05, 0) is 24.5 Å². The van der Waals surface area contributed by atoms with Crippen molar-refractivity contribution in [2.75, 3.05) is 0 Å². The van der Waals surface area contributed by atoms with E-state index in [0.717, 1.165) is 6.42 Å². The van der Waals surface area contributed by atoms with Gasteiger partial charge in [0, 0.05) is 6.04 Å². The van der Waals surface area contributed by atoms with E-state index in [1.807, 2.05) is 6.92 Å². The van der Waals surface area contributed by atoms with E-state index in [2.05, 4.69) is 31.2 Å². The molecule has 1 nitrogen and oxygen atoms in total. The Morgan fingerprint density at radius 3 is 2.73 bits per heavy atom. The Bertz CT molecular complexity index is 228. The van der Waals surface area contributed by atoms with E-state index in [0.29, 0.717) is 0 Å². The molecule has 1 aromatic rings. The van der Waals surface area contributed by atoms with Gasteiger partial charge in [-0.1, -0.05) is 31.2 Å². The van der Waals surface area contributed by atoms with Crippen molar-refractivity contribution in [3.05, 3.63) is 35.4 Å². The SMILES string of the molecule is CCc1cccc([C@@H](C)N)c1. The molecule has 0 spiro atoms. The predicted octanol–water partition coefficient (Wildman–Crippen LogP) is 2.27. The highest BCUT2D eigenvalue weighted by molar-refractivity contribution is 5.25. The van der Waals surface area contributed by atoms with Gasteiger partial charge in [-0.2, -0.15) is 0 Å². The van der Waals surface area contributed by atoms with Crippen molar-refractivity contribution < 1.29 is 0 Å². The lowest BCUT2D eigenvalue weighted by Crippen LogP contribution is -2.04. The molecule has 0 aliphatic carbocycles. The lowest BCUT2D eigenvalue weighted by molar-refractivity contribution is 0.815. The van der Waals surface area contributed by atoms with Crippen LogP contribution in [0.5, 0.6) is 0 Å². The molecule has 1 rings (SSSR count). The molecule has 11 heavy (non-hydrogen) atoms. The quantitative estimate of drug-likeness (QED) is 0.685. The average Bonchev–Trinajstić information content (AvgIpc) is 2.05. The molecule has 0 aromatic heterocycles. The van der Waals surface area contributed by atoms with E-state index < -0.39 is 0 Å². The van der Waals surface area contributed by atoms with Gasteiger partial charge in [-0.3, -0.25) is 0 Å². The van der Waals surface area contributed by atoms with Crippen LogP contribution in [0.3, 0.4) is 0 Å². The molecule has 0 fully saturated rings. The third-order valence-corrected chi connectivity index (χ3v) is 1.89. The summed E-state index contributed by atoms with van der Waals surface area (Å²) in [7, 11) is 0. The molecular weight excluding hydrogens is 134 g/mol. The van der Waals surface area contributed by atoms with Crippen molar-refractivity contribution in [1.82, 2.24) is 0 Å². The first-order valence-electron chi connectivity index (χ1n) is 4.08. The lowest BCUT2D eigenvalue weighted by atomic mass is 10.0. The first-order chi connectivity index (χ1) is 5.24. The van der Waals surface area contributed by atoms with Crippen molar-refractivity contribution in [2.45, 2.75) is 26.3 Å². The zero-order chi connectivity index (χ0) is 8.27. The summed E-state index contributed by atoms with van der Waals surface area (Å²) >= 11 is 0. The minimum absolute atomic E-state index is 0.154. The summed E-state index contributed by atoms with van der Waals surface area (Å²) in [5.41, 5.74) is 8.32. The standard InChI is InChI=1S/C10H15N/c1-3-9-5-4-6-10(7-9)8(2)11/h4-8H,3,11H2,1-2H3/t8-/m1/s1. The van der Waals surface area contributed by atoms with Crippen molar-refractivity contribution >= 4 is 0 Å². The van der Waals surface area contributed by atoms with Gasteiger partial charge >= 0.3 is 0 Å². The molecule has 0 saturated carbocycles. The van der Waals surface area contributed by atoms with Crippen LogP contribution < -0.4 is 5.73 Å². The van der Waals surface area contributed by atoms with Crippen LogP contribution in [-0.4, -0.2) is 0 Å². The summed E-state index contributed by atoms with van der Waals surface area (Å²) in [5, 5.41) is 0. The maximum atomic E-state index is 5.74. The van der Waals surface area contributed by atoms with Gasteiger partial charge in [0.15, 0.2) is 0 Å². The molecule has 0 amide bonds. The van der Waals surface area contributed by atoms with Crippen LogP contribution in [-0.2, 0) is 6.42 Å². The Hall–Kier alpha value is -0.820. The monoisotopic (exact) mass is 149 g/mol. The van der Waals surface area contributed by atoms with Gasteiger partial charge < -0.3 is 5.73 Å². The summed E-state index contributed by atoms with van der Waals surface area (Å²) in [6.07, 6.45) is 1.08. The molecule has 60 valence electrons. The molecule has 0 bridgehead atoms. The number of rotatable bonds is 2. The van der Waals surface area contributed by atoms with Gasteiger partial charge in [0.2, 0.25) is 0 Å². The molecule has 0 unspecified atom stereocenters. The summed E-state index contributed by atoms with van der Waals surface area (Å²) in [6, 6.07) is 8.60. The first-order valence-corrected chi connectivity index (χ1v) is 4.08. The van der Waals surface area contributed by atoms with E-state index in [4.69, 9.17) is 5.73 Å². The molecule has 1 aromatic carbocycles. The van der Waals surface area contributed by atoms with E-state index in [1.165, 1.54) is 11.1 Å². The molecule has 1 atom stereocenters. The maximum Gasteiger partial charge on any atom is 0.0266 e. The van der Waals surface area contributed by atoms with Gasteiger partial charge in [-0.15, -0.1) is 0 Å². The lowest BCUT2D eigenvalue weighted by Gasteiger charge is -2.06. The molecule has 0 aliphatic rings. The van der Waals surface area contributed by atoms with Crippen LogP contribution in [0.15, 0.2) is 24.3 Å². The third-order valence-electron chi connectivity index (χ3n) is 1.89. The van der Waals surface area contributed by atoms with E-state index in [-0.39, 0.29) is 6.04 Å². The van der Waals surface area contributed by atoms with E-state index in [1.54, 1.807) is 0 Å². The number of hydrogen-bond acceptors (Lipinski definition) is 1. The molecule has 2 N–H and O–H groups in total. The van der Waals surface area contributed by atoms with Crippen molar-refractivity contribution in [2.24, 2.45) is 5.73 Å². The smallest absolute Gasteiger partial charge is 0.0266 e.